The fraction of sp³-hybridized carbons (Fsp3) is 0.286. The SMILES string of the molecule is COc1ccc(C(=O)c2c(Br)cnn2C(C)C)cc1F. The van der Waals surface area contributed by atoms with Crippen LogP contribution >= 0.6 is 15.9 Å². The number of nitrogens with zero attached hydrogens (tertiary/aromatic N) is 2. The second kappa shape index (κ2) is 5.75. The van der Waals surface area contributed by atoms with Crippen LogP contribution in [0.2, 0.25) is 0 Å². The fourth-order valence-corrected chi connectivity index (χ4v) is 2.34. The number of benzene rings is 1. The molecule has 0 amide bonds. The summed E-state index contributed by atoms with van der Waals surface area (Å²) in [5.74, 6) is -0.743. The van der Waals surface area contributed by atoms with Gasteiger partial charge in [0, 0.05) is 11.6 Å². The van der Waals surface area contributed by atoms with Crippen LogP contribution in [0.4, 0.5) is 4.39 Å². The average Bonchev–Trinajstić information content (AvgIpc) is 2.80. The van der Waals surface area contributed by atoms with Gasteiger partial charge in [-0.15, -0.1) is 0 Å². The fourth-order valence-electron chi connectivity index (χ4n) is 1.89. The zero-order valence-corrected chi connectivity index (χ0v) is 12.9. The van der Waals surface area contributed by atoms with Crippen molar-refractivity contribution in [2.45, 2.75) is 19.9 Å². The van der Waals surface area contributed by atoms with Gasteiger partial charge in [0.25, 0.3) is 0 Å². The van der Waals surface area contributed by atoms with Gasteiger partial charge in [-0.1, -0.05) is 0 Å². The molecule has 0 saturated heterocycles. The standard InChI is InChI=1S/C14H14BrFN2O2/c1-8(2)18-13(10(15)7-17-18)14(19)9-4-5-12(20-3)11(16)6-9/h4-8H,1-3H3. The highest BCUT2D eigenvalue weighted by Crippen LogP contribution is 2.25. The molecular weight excluding hydrogens is 327 g/mol. The van der Waals surface area contributed by atoms with Crippen molar-refractivity contribution in [2.24, 2.45) is 0 Å². The van der Waals surface area contributed by atoms with Crippen molar-refractivity contribution < 1.29 is 13.9 Å². The molecule has 0 bridgehead atoms. The normalized spacial score (nSPS) is 10.9. The molecule has 106 valence electrons. The molecule has 1 aromatic carbocycles. The molecule has 0 atom stereocenters. The lowest BCUT2D eigenvalue weighted by Crippen LogP contribution is -2.14. The molecule has 0 fully saturated rings. The molecule has 6 heteroatoms. The smallest absolute Gasteiger partial charge is 0.212 e. The molecule has 0 saturated carbocycles. The number of carbonyl (C=O) groups is 1. The minimum atomic E-state index is -0.565. The summed E-state index contributed by atoms with van der Waals surface area (Å²) in [6.45, 7) is 3.84. The second-order valence-electron chi connectivity index (χ2n) is 4.56. The van der Waals surface area contributed by atoms with E-state index in [1.54, 1.807) is 10.9 Å². The molecule has 20 heavy (non-hydrogen) atoms. The Hall–Kier alpha value is -1.69. The summed E-state index contributed by atoms with van der Waals surface area (Å²) in [5, 5.41) is 4.15. The number of hydrogen-bond acceptors (Lipinski definition) is 3. The molecule has 0 N–H and O–H groups in total. The van der Waals surface area contributed by atoms with E-state index >= 15 is 0 Å². The van der Waals surface area contributed by atoms with Crippen LogP contribution < -0.4 is 4.74 Å². The van der Waals surface area contributed by atoms with Gasteiger partial charge in [-0.2, -0.15) is 5.10 Å². The van der Waals surface area contributed by atoms with Gasteiger partial charge in [0.1, 0.15) is 5.69 Å². The second-order valence-corrected chi connectivity index (χ2v) is 5.41. The third kappa shape index (κ3) is 2.60. The number of methoxy groups -OCH3 is 1. The van der Waals surface area contributed by atoms with E-state index in [9.17, 15) is 9.18 Å². The van der Waals surface area contributed by atoms with E-state index in [0.717, 1.165) is 0 Å². The predicted molar refractivity (Wildman–Crippen MR) is 76.7 cm³/mol. The molecule has 2 aromatic rings. The van der Waals surface area contributed by atoms with E-state index in [1.807, 2.05) is 13.8 Å². The maximum absolute atomic E-state index is 13.7. The van der Waals surface area contributed by atoms with E-state index in [2.05, 4.69) is 21.0 Å². The summed E-state index contributed by atoms with van der Waals surface area (Å²) in [5.41, 5.74) is 0.663. The molecule has 1 aromatic heterocycles. The van der Waals surface area contributed by atoms with Gasteiger partial charge in [-0.05, 0) is 48.0 Å². The van der Waals surface area contributed by atoms with E-state index < -0.39 is 5.82 Å². The summed E-state index contributed by atoms with van der Waals surface area (Å²) >= 11 is 3.31. The van der Waals surface area contributed by atoms with Crippen LogP contribution in [0.5, 0.6) is 5.75 Å². The maximum atomic E-state index is 13.7. The topological polar surface area (TPSA) is 44.1 Å². The highest BCUT2D eigenvalue weighted by atomic mass is 79.9. The molecule has 0 aliphatic heterocycles. The monoisotopic (exact) mass is 340 g/mol. The Morgan fingerprint density at radius 1 is 1.45 bits per heavy atom. The van der Waals surface area contributed by atoms with Crippen LogP contribution in [0.1, 0.15) is 35.9 Å². The lowest BCUT2D eigenvalue weighted by Gasteiger charge is -2.11. The number of carbonyl (C=O) groups excluding carboxylic acids is 1. The van der Waals surface area contributed by atoms with Crippen molar-refractivity contribution in [2.75, 3.05) is 7.11 Å². The Morgan fingerprint density at radius 3 is 2.70 bits per heavy atom. The van der Waals surface area contributed by atoms with Crippen molar-refractivity contribution >= 4 is 21.7 Å². The summed E-state index contributed by atoms with van der Waals surface area (Å²) in [7, 11) is 1.38. The first kappa shape index (κ1) is 14.7. The van der Waals surface area contributed by atoms with Crippen molar-refractivity contribution in [1.29, 1.82) is 0 Å². The number of rotatable bonds is 4. The average molecular weight is 341 g/mol. The summed E-state index contributed by atoms with van der Waals surface area (Å²) in [6.07, 6.45) is 1.56. The Balaban J connectivity index is 2.46. The van der Waals surface area contributed by atoms with Crippen molar-refractivity contribution in [3.05, 3.63) is 45.9 Å². The van der Waals surface area contributed by atoms with E-state index in [4.69, 9.17) is 4.74 Å². The van der Waals surface area contributed by atoms with E-state index in [1.165, 1.54) is 25.3 Å². The highest BCUT2D eigenvalue weighted by Gasteiger charge is 2.21. The molecule has 0 radical (unpaired) electrons. The van der Waals surface area contributed by atoms with Gasteiger partial charge in [0.2, 0.25) is 5.78 Å². The Bertz CT molecular complexity index is 653. The number of ether oxygens (including phenoxy) is 1. The third-order valence-corrected chi connectivity index (χ3v) is 3.45. The zero-order chi connectivity index (χ0) is 14.9. The molecule has 0 aliphatic rings. The Morgan fingerprint density at radius 2 is 2.15 bits per heavy atom. The number of ketones is 1. The minimum absolute atomic E-state index is 0.0309. The van der Waals surface area contributed by atoms with Crippen LogP contribution in [-0.4, -0.2) is 22.7 Å². The maximum Gasteiger partial charge on any atom is 0.212 e. The van der Waals surface area contributed by atoms with Crippen molar-refractivity contribution in [1.82, 2.24) is 9.78 Å². The number of hydrogen-bond donors (Lipinski definition) is 0. The van der Waals surface area contributed by atoms with Crippen LogP contribution in [0.15, 0.2) is 28.9 Å². The molecule has 2 rings (SSSR count). The minimum Gasteiger partial charge on any atom is -0.494 e. The molecular formula is C14H14BrFN2O2. The number of halogens is 2. The highest BCUT2D eigenvalue weighted by molar-refractivity contribution is 9.10. The van der Waals surface area contributed by atoms with E-state index in [0.29, 0.717) is 10.2 Å². The van der Waals surface area contributed by atoms with Crippen LogP contribution in [0.3, 0.4) is 0 Å². The summed E-state index contributed by atoms with van der Waals surface area (Å²) in [4.78, 5) is 12.5. The molecule has 1 heterocycles. The van der Waals surface area contributed by atoms with E-state index in [-0.39, 0.29) is 23.1 Å². The Labute approximate surface area is 124 Å². The Kier molecular flexibility index (Phi) is 4.23. The largest absolute Gasteiger partial charge is 0.494 e. The molecule has 0 aliphatic carbocycles. The molecule has 4 nitrogen and oxygen atoms in total. The molecule has 0 unspecified atom stereocenters. The summed E-state index contributed by atoms with van der Waals surface area (Å²) in [6, 6.07) is 4.18. The quantitative estimate of drug-likeness (QED) is 0.798. The first-order chi connectivity index (χ1) is 9.45. The lowest BCUT2D eigenvalue weighted by atomic mass is 10.1. The van der Waals surface area contributed by atoms with Gasteiger partial charge in [-0.25, -0.2) is 4.39 Å². The molecule has 0 spiro atoms. The first-order valence-corrected chi connectivity index (χ1v) is 6.86. The first-order valence-electron chi connectivity index (χ1n) is 6.07. The van der Waals surface area contributed by atoms with Crippen molar-refractivity contribution in [3.63, 3.8) is 0 Å². The third-order valence-electron chi connectivity index (χ3n) is 2.87. The number of aromatic nitrogens is 2. The van der Waals surface area contributed by atoms with Gasteiger partial charge in [0.15, 0.2) is 11.6 Å². The lowest BCUT2D eigenvalue weighted by molar-refractivity contribution is 0.102. The van der Waals surface area contributed by atoms with Gasteiger partial charge in [-0.3, -0.25) is 9.48 Å². The van der Waals surface area contributed by atoms with Crippen LogP contribution in [0.25, 0.3) is 0 Å². The van der Waals surface area contributed by atoms with Crippen LogP contribution in [-0.2, 0) is 0 Å². The zero-order valence-electron chi connectivity index (χ0n) is 11.4. The predicted octanol–water partition coefficient (Wildman–Crippen LogP) is 3.61. The van der Waals surface area contributed by atoms with Gasteiger partial charge < -0.3 is 4.74 Å². The van der Waals surface area contributed by atoms with Crippen LogP contribution in [0, 0.1) is 5.82 Å². The summed E-state index contributed by atoms with van der Waals surface area (Å²) < 4.78 is 20.7. The van der Waals surface area contributed by atoms with Gasteiger partial charge >= 0.3 is 0 Å². The van der Waals surface area contributed by atoms with Crippen molar-refractivity contribution in [3.8, 4) is 5.75 Å². The van der Waals surface area contributed by atoms with Gasteiger partial charge in [0.05, 0.1) is 17.8 Å².